The van der Waals surface area contributed by atoms with Crippen LogP contribution in [0.15, 0.2) is 30.3 Å². The third-order valence-corrected chi connectivity index (χ3v) is 3.34. The van der Waals surface area contributed by atoms with Crippen LogP contribution in [-0.4, -0.2) is 29.4 Å². The monoisotopic (exact) mass is 247 g/mol. The van der Waals surface area contributed by atoms with Crippen LogP contribution in [0, 0.1) is 5.92 Å². The zero-order chi connectivity index (χ0) is 13.1. The largest absolute Gasteiger partial charge is 0.465 e. The molecule has 0 radical (unpaired) electrons. The van der Waals surface area contributed by atoms with Gasteiger partial charge in [0.05, 0.1) is 5.92 Å². The maximum Gasteiger partial charge on any atom is 0.302 e. The number of likely N-dealkylation sites (tertiary alicyclic amines) is 1. The molecule has 1 aliphatic rings. The number of hydrogen-bond donors (Lipinski definition) is 0. The van der Waals surface area contributed by atoms with Crippen LogP contribution in [0.5, 0.6) is 0 Å². The van der Waals surface area contributed by atoms with E-state index in [2.05, 4.69) is 0 Å². The van der Waals surface area contributed by atoms with Crippen molar-refractivity contribution < 1.29 is 14.3 Å². The lowest BCUT2D eigenvalue weighted by Gasteiger charge is -2.45. The molecule has 1 aromatic rings. The molecule has 0 unspecified atom stereocenters. The van der Waals surface area contributed by atoms with Gasteiger partial charge in [0.25, 0.3) is 0 Å². The molecule has 4 nitrogen and oxygen atoms in total. The van der Waals surface area contributed by atoms with E-state index < -0.39 is 0 Å². The van der Waals surface area contributed by atoms with Gasteiger partial charge in [-0.2, -0.15) is 0 Å². The van der Waals surface area contributed by atoms with Crippen LogP contribution in [0.1, 0.15) is 19.4 Å². The summed E-state index contributed by atoms with van der Waals surface area (Å²) in [4.78, 5) is 24.5. The van der Waals surface area contributed by atoms with Crippen LogP contribution < -0.4 is 0 Å². The summed E-state index contributed by atoms with van der Waals surface area (Å²) in [6.07, 6.45) is 0. The normalized spacial score (nSPS) is 22.6. The maximum atomic E-state index is 11.9. The molecule has 2 rings (SSSR count). The fraction of sp³-hybridized carbons (Fsp3) is 0.429. The summed E-state index contributed by atoms with van der Waals surface area (Å²) in [6, 6.07) is 9.99. The summed E-state index contributed by atoms with van der Waals surface area (Å²) in [5, 5.41) is 0. The lowest BCUT2D eigenvalue weighted by Crippen LogP contribution is -2.60. The molecule has 1 amide bonds. The minimum Gasteiger partial charge on any atom is -0.465 e. The number of ether oxygens (including phenoxy) is 1. The highest BCUT2D eigenvalue weighted by Crippen LogP contribution is 2.28. The van der Waals surface area contributed by atoms with Gasteiger partial charge < -0.3 is 9.64 Å². The average Bonchev–Trinajstić information content (AvgIpc) is 2.37. The molecular formula is C14H17NO3. The molecule has 1 saturated heterocycles. The Morgan fingerprint density at radius 3 is 2.56 bits per heavy atom. The molecule has 1 aromatic carbocycles. The number of carbonyl (C=O) groups excluding carboxylic acids is 2. The van der Waals surface area contributed by atoms with Gasteiger partial charge in [-0.1, -0.05) is 30.3 Å². The Balaban J connectivity index is 1.90. The molecule has 0 N–H and O–H groups in total. The van der Waals surface area contributed by atoms with Gasteiger partial charge in [-0.3, -0.25) is 9.59 Å². The second-order valence-electron chi connectivity index (χ2n) is 4.60. The number of β-lactam (4-membered cyclic amide) rings is 1. The number of esters is 1. The molecule has 0 spiro atoms. The van der Waals surface area contributed by atoms with E-state index in [0.29, 0.717) is 6.54 Å². The lowest BCUT2D eigenvalue weighted by atomic mass is 9.89. The molecule has 18 heavy (non-hydrogen) atoms. The third-order valence-electron chi connectivity index (χ3n) is 3.34. The van der Waals surface area contributed by atoms with E-state index in [1.807, 2.05) is 42.2 Å². The van der Waals surface area contributed by atoms with Gasteiger partial charge in [0.15, 0.2) is 0 Å². The summed E-state index contributed by atoms with van der Waals surface area (Å²) in [6.45, 7) is 4.16. The van der Waals surface area contributed by atoms with E-state index in [9.17, 15) is 9.59 Å². The zero-order valence-electron chi connectivity index (χ0n) is 10.6. The number of amides is 1. The van der Waals surface area contributed by atoms with Crippen molar-refractivity contribution in [3.8, 4) is 0 Å². The molecular weight excluding hydrogens is 230 g/mol. The van der Waals surface area contributed by atoms with Gasteiger partial charge in [-0.25, -0.2) is 0 Å². The summed E-state index contributed by atoms with van der Waals surface area (Å²) in [7, 11) is 0. The van der Waals surface area contributed by atoms with Gasteiger partial charge in [0.1, 0.15) is 6.61 Å². The highest BCUT2D eigenvalue weighted by Gasteiger charge is 2.44. The molecule has 0 bridgehead atoms. The van der Waals surface area contributed by atoms with Gasteiger partial charge in [0, 0.05) is 19.5 Å². The highest BCUT2D eigenvalue weighted by atomic mass is 16.5. The van der Waals surface area contributed by atoms with Crippen molar-refractivity contribution in [3.05, 3.63) is 35.9 Å². The van der Waals surface area contributed by atoms with Crippen molar-refractivity contribution in [2.24, 2.45) is 5.92 Å². The standard InChI is InChI=1S/C14H17NO3/c1-10-13(9-18-11(2)16)14(17)15(10)8-12-6-4-3-5-7-12/h3-7,10,13H,8-9H2,1-2H3/t10-,13+/m0/s1. The second-order valence-corrected chi connectivity index (χ2v) is 4.60. The predicted molar refractivity (Wildman–Crippen MR) is 66.6 cm³/mol. The number of carbonyl (C=O) groups is 2. The molecule has 0 aliphatic carbocycles. The fourth-order valence-electron chi connectivity index (χ4n) is 2.17. The number of benzene rings is 1. The van der Waals surface area contributed by atoms with Crippen molar-refractivity contribution in [1.82, 2.24) is 4.90 Å². The van der Waals surface area contributed by atoms with Crippen molar-refractivity contribution in [1.29, 1.82) is 0 Å². The first-order valence-electron chi connectivity index (χ1n) is 6.07. The van der Waals surface area contributed by atoms with Gasteiger partial charge in [-0.05, 0) is 12.5 Å². The molecule has 1 heterocycles. The highest BCUT2D eigenvalue weighted by molar-refractivity contribution is 5.86. The minimum atomic E-state index is -0.337. The topological polar surface area (TPSA) is 46.6 Å². The van der Waals surface area contributed by atoms with Crippen molar-refractivity contribution in [2.75, 3.05) is 6.61 Å². The van der Waals surface area contributed by atoms with Crippen molar-refractivity contribution in [2.45, 2.75) is 26.4 Å². The maximum absolute atomic E-state index is 11.9. The van der Waals surface area contributed by atoms with Crippen LogP contribution in [0.3, 0.4) is 0 Å². The SMILES string of the molecule is CC(=O)OC[C@H]1C(=O)N(Cc2ccccc2)[C@H]1C. The van der Waals surface area contributed by atoms with Crippen LogP contribution in [0.2, 0.25) is 0 Å². The molecule has 2 atom stereocenters. The van der Waals surface area contributed by atoms with Gasteiger partial charge in [0.2, 0.25) is 5.91 Å². The molecule has 0 aromatic heterocycles. The van der Waals surface area contributed by atoms with Crippen LogP contribution in [-0.2, 0) is 20.9 Å². The number of hydrogen-bond acceptors (Lipinski definition) is 3. The minimum absolute atomic E-state index is 0.0626. The Morgan fingerprint density at radius 1 is 1.33 bits per heavy atom. The first-order chi connectivity index (χ1) is 8.59. The smallest absolute Gasteiger partial charge is 0.302 e. The molecule has 1 aliphatic heterocycles. The van der Waals surface area contributed by atoms with E-state index in [4.69, 9.17) is 4.74 Å². The Kier molecular flexibility index (Phi) is 3.65. The van der Waals surface area contributed by atoms with E-state index >= 15 is 0 Å². The van der Waals surface area contributed by atoms with Gasteiger partial charge >= 0.3 is 5.97 Å². The van der Waals surface area contributed by atoms with Crippen LogP contribution in [0.25, 0.3) is 0 Å². The lowest BCUT2D eigenvalue weighted by molar-refractivity contribution is -0.164. The van der Waals surface area contributed by atoms with E-state index in [1.54, 1.807) is 0 Å². The Morgan fingerprint density at radius 2 is 2.00 bits per heavy atom. The van der Waals surface area contributed by atoms with E-state index in [0.717, 1.165) is 5.56 Å². The molecule has 4 heteroatoms. The van der Waals surface area contributed by atoms with E-state index in [-0.39, 0.29) is 30.4 Å². The molecule has 96 valence electrons. The zero-order valence-corrected chi connectivity index (χ0v) is 10.6. The fourth-order valence-corrected chi connectivity index (χ4v) is 2.17. The number of rotatable bonds is 4. The summed E-state index contributed by atoms with van der Waals surface area (Å²) in [5.74, 6) is -0.457. The first kappa shape index (κ1) is 12.6. The molecule has 0 saturated carbocycles. The van der Waals surface area contributed by atoms with Gasteiger partial charge in [-0.15, -0.1) is 0 Å². The molecule has 1 fully saturated rings. The quantitative estimate of drug-likeness (QED) is 0.599. The first-order valence-corrected chi connectivity index (χ1v) is 6.07. The van der Waals surface area contributed by atoms with E-state index in [1.165, 1.54) is 6.92 Å². The Bertz CT molecular complexity index is 444. The third kappa shape index (κ3) is 2.53. The Hall–Kier alpha value is -1.84. The van der Waals surface area contributed by atoms with Crippen molar-refractivity contribution in [3.63, 3.8) is 0 Å². The van der Waals surface area contributed by atoms with Crippen LogP contribution in [0.4, 0.5) is 0 Å². The summed E-state index contributed by atoms with van der Waals surface area (Å²) < 4.78 is 4.90. The predicted octanol–water partition coefficient (Wildman–Crippen LogP) is 1.60. The number of nitrogens with zero attached hydrogens (tertiary/aromatic N) is 1. The average molecular weight is 247 g/mol. The second kappa shape index (κ2) is 5.21. The van der Waals surface area contributed by atoms with Crippen molar-refractivity contribution >= 4 is 11.9 Å². The Labute approximate surface area is 107 Å². The summed E-state index contributed by atoms with van der Waals surface area (Å²) >= 11 is 0. The van der Waals surface area contributed by atoms with Crippen LogP contribution >= 0.6 is 0 Å². The summed E-state index contributed by atoms with van der Waals surface area (Å²) in [5.41, 5.74) is 1.11.